The lowest BCUT2D eigenvalue weighted by Crippen LogP contribution is -2.04. The van der Waals surface area contributed by atoms with Crippen molar-refractivity contribution in [3.63, 3.8) is 0 Å². The zero-order chi connectivity index (χ0) is 12.3. The van der Waals surface area contributed by atoms with Gasteiger partial charge in [-0.05, 0) is 11.6 Å². The second-order valence-corrected chi connectivity index (χ2v) is 3.71. The highest BCUT2D eigenvalue weighted by molar-refractivity contribution is 5.72. The van der Waals surface area contributed by atoms with Gasteiger partial charge in [0.05, 0.1) is 25.4 Å². The molecule has 0 bridgehead atoms. The van der Waals surface area contributed by atoms with Crippen LogP contribution >= 0.6 is 0 Å². The monoisotopic (exact) mass is 231 g/mol. The average molecular weight is 231 g/mol. The van der Waals surface area contributed by atoms with Gasteiger partial charge in [-0.2, -0.15) is 5.10 Å². The number of carbonyl (C=O) groups is 1. The number of pyridine rings is 1. The Bertz CT molecular complexity index is 517. The predicted octanol–water partition coefficient (Wildman–Crippen LogP) is 1.20. The number of ether oxygens (including phenoxy) is 1. The molecule has 0 aliphatic rings. The van der Waals surface area contributed by atoms with Crippen LogP contribution in [0.1, 0.15) is 5.56 Å². The Morgan fingerprint density at radius 2 is 2.24 bits per heavy atom. The lowest BCUT2D eigenvalue weighted by molar-refractivity contribution is -0.139. The Morgan fingerprint density at radius 3 is 2.76 bits per heavy atom. The van der Waals surface area contributed by atoms with Crippen LogP contribution < -0.4 is 0 Å². The highest BCUT2D eigenvalue weighted by Gasteiger charge is 2.05. The molecule has 0 aliphatic heterocycles. The van der Waals surface area contributed by atoms with E-state index in [4.69, 9.17) is 0 Å². The van der Waals surface area contributed by atoms with Crippen molar-refractivity contribution < 1.29 is 9.53 Å². The smallest absolute Gasteiger partial charge is 0.310 e. The fourth-order valence-electron chi connectivity index (χ4n) is 1.49. The Kier molecular flexibility index (Phi) is 3.18. The molecule has 0 radical (unpaired) electrons. The van der Waals surface area contributed by atoms with E-state index < -0.39 is 0 Å². The predicted molar refractivity (Wildman–Crippen MR) is 62.2 cm³/mol. The summed E-state index contributed by atoms with van der Waals surface area (Å²) < 4.78 is 6.31. The number of aryl methyl sites for hydroxylation is 1. The average Bonchev–Trinajstić information content (AvgIpc) is 2.77. The van der Waals surface area contributed by atoms with Crippen molar-refractivity contribution >= 4 is 5.97 Å². The Labute approximate surface area is 99.1 Å². The van der Waals surface area contributed by atoms with Crippen molar-refractivity contribution in [1.82, 2.24) is 14.8 Å². The van der Waals surface area contributed by atoms with Crippen molar-refractivity contribution in [2.24, 2.45) is 7.05 Å². The number of nitrogens with zero attached hydrogens (tertiary/aromatic N) is 3. The van der Waals surface area contributed by atoms with Crippen LogP contribution in [0.4, 0.5) is 0 Å². The van der Waals surface area contributed by atoms with Crippen LogP contribution in [0.2, 0.25) is 0 Å². The number of methoxy groups -OCH3 is 1. The molecule has 5 heteroatoms. The van der Waals surface area contributed by atoms with Crippen molar-refractivity contribution in [3.8, 4) is 11.3 Å². The van der Waals surface area contributed by atoms with Crippen molar-refractivity contribution in [2.45, 2.75) is 6.42 Å². The van der Waals surface area contributed by atoms with Crippen LogP contribution in [0.3, 0.4) is 0 Å². The van der Waals surface area contributed by atoms with E-state index in [1.165, 1.54) is 7.11 Å². The first-order chi connectivity index (χ1) is 8.19. The third kappa shape index (κ3) is 2.69. The van der Waals surface area contributed by atoms with Gasteiger partial charge in [0, 0.05) is 25.0 Å². The van der Waals surface area contributed by atoms with Gasteiger partial charge in [0.25, 0.3) is 0 Å². The summed E-state index contributed by atoms with van der Waals surface area (Å²) in [5.41, 5.74) is 2.63. The largest absolute Gasteiger partial charge is 0.469 e. The molecule has 2 aromatic heterocycles. The van der Waals surface area contributed by atoms with Gasteiger partial charge < -0.3 is 4.74 Å². The summed E-state index contributed by atoms with van der Waals surface area (Å²) in [5, 5.41) is 4.08. The molecule has 0 spiro atoms. The van der Waals surface area contributed by atoms with Crippen molar-refractivity contribution in [2.75, 3.05) is 7.11 Å². The van der Waals surface area contributed by atoms with E-state index in [2.05, 4.69) is 14.8 Å². The molecule has 0 unspecified atom stereocenters. The highest BCUT2D eigenvalue weighted by Crippen LogP contribution is 2.15. The van der Waals surface area contributed by atoms with Gasteiger partial charge in [0.15, 0.2) is 0 Å². The first kappa shape index (κ1) is 11.3. The van der Waals surface area contributed by atoms with Gasteiger partial charge >= 0.3 is 5.97 Å². The van der Waals surface area contributed by atoms with E-state index in [1.54, 1.807) is 17.1 Å². The van der Waals surface area contributed by atoms with E-state index in [0.29, 0.717) is 0 Å². The Hall–Kier alpha value is -2.17. The van der Waals surface area contributed by atoms with Gasteiger partial charge in [0.1, 0.15) is 0 Å². The summed E-state index contributed by atoms with van der Waals surface area (Å²) >= 11 is 0. The summed E-state index contributed by atoms with van der Waals surface area (Å²) in [5.74, 6) is -0.263. The maximum absolute atomic E-state index is 11.1. The van der Waals surface area contributed by atoms with Crippen molar-refractivity contribution in [1.29, 1.82) is 0 Å². The third-order valence-corrected chi connectivity index (χ3v) is 2.40. The topological polar surface area (TPSA) is 57.0 Å². The molecular weight excluding hydrogens is 218 g/mol. The van der Waals surface area contributed by atoms with E-state index in [0.717, 1.165) is 16.8 Å². The molecule has 0 saturated heterocycles. The number of hydrogen-bond acceptors (Lipinski definition) is 4. The molecular formula is C12H13N3O2. The fraction of sp³-hybridized carbons (Fsp3) is 0.250. The number of esters is 1. The first-order valence-electron chi connectivity index (χ1n) is 5.20. The minimum Gasteiger partial charge on any atom is -0.469 e. The number of hydrogen-bond donors (Lipinski definition) is 0. The second kappa shape index (κ2) is 4.78. The molecule has 2 rings (SSSR count). The maximum atomic E-state index is 11.1. The summed E-state index contributed by atoms with van der Waals surface area (Å²) in [6, 6.07) is 3.74. The van der Waals surface area contributed by atoms with Gasteiger partial charge in [-0.15, -0.1) is 0 Å². The molecule has 2 heterocycles. The lowest BCUT2D eigenvalue weighted by Gasteiger charge is -2.00. The molecule has 0 saturated carbocycles. The lowest BCUT2D eigenvalue weighted by atomic mass is 10.1. The molecule has 0 amide bonds. The molecule has 2 aromatic rings. The van der Waals surface area contributed by atoms with Crippen LogP contribution in [-0.4, -0.2) is 27.8 Å². The summed E-state index contributed by atoms with van der Waals surface area (Å²) in [6.07, 6.45) is 5.57. The molecule has 17 heavy (non-hydrogen) atoms. The van der Waals surface area contributed by atoms with Crippen LogP contribution in [0.5, 0.6) is 0 Å². The SMILES string of the molecule is COC(=O)Cc1ccc(-c2cnn(C)c2)nc1. The van der Waals surface area contributed by atoms with E-state index >= 15 is 0 Å². The molecule has 0 aromatic carbocycles. The normalized spacial score (nSPS) is 10.2. The van der Waals surface area contributed by atoms with Crippen LogP contribution in [0, 0.1) is 0 Å². The Balaban J connectivity index is 2.15. The maximum Gasteiger partial charge on any atom is 0.310 e. The van der Waals surface area contributed by atoms with Gasteiger partial charge in [-0.1, -0.05) is 6.07 Å². The second-order valence-electron chi connectivity index (χ2n) is 3.71. The van der Waals surface area contributed by atoms with Gasteiger partial charge in [0.2, 0.25) is 0 Å². The standard InChI is InChI=1S/C12H13N3O2/c1-15-8-10(7-14-15)11-4-3-9(6-13-11)5-12(16)17-2/h3-4,6-8H,5H2,1-2H3. The van der Waals surface area contributed by atoms with Crippen LogP contribution in [0.15, 0.2) is 30.7 Å². The molecule has 0 aliphatic carbocycles. The van der Waals surface area contributed by atoms with E-state index in [1.807, 2.05) is 25.4 Å². The third-order valence-electron chi connectivity index (χ3n) is 2.40. The first-order valence-corrected chi connectivity index (χ1v) is 5.20. The minimum absolute atomic E-state index is 0.247. The molecule has 88 valence electrons. The summed E-state index contributed by atoms with van der Waals surface area (Å²) in [6.45, 7) is 0. The zero-order valence-corrected chi connectivity index (χ0v) is 9.75. The van der Waals surface area contributed by atoms with E-state index in [9.17, 15) is 4.79 Å². The van der Waals surface area contributed by atoms with Gasteiger partial charge in [-0.25, -0.2) is 0 Å². The van der Waals surface area contributed by atoms with Gasteiger partial charge in [-0.3, -0.25) is 14.5 Å². The minimum atomic E-state index is -0.263. The summed E-state index contributed by atoms with van der Waals surface area (Å²) in [7, 11) is 3.23. The zero-order valence-electron chi connectivity index (χ0n) is 9.75. The Morgan fingerprint density at radius 1 is 1.41 bits per heavy atom. The number of carbonyl (C=O) groups excluding carboxylic acids is 1. The van der Waals surface area contributed by atoms with Crippen LogP contribution in [-0.2, 0) is 23.0 Å². The number of rotatable bonds is 3. The molecule has 5 nitrogen and oxygen atoms in total. The van der Waals surface area contributed by atoms with E-state index in [-0.39, 0.29) is 12.4 Å². The quantitative estimate of drug-likeness (QED) is 0.745. The molecule has 0 fully saturated rings. The fourth-order valence-corrected chi connectivity index (χ4v) is 1.49. The van der Waals surface area contributed by atoms with Crippen LogP contribution in [0.25, 0.3) is 11.3 Å². The molecule has 0 atom stereocenters. The number of aromatic nitrogens is 3. The van der Waals surface area contributed by atoms with Crippen molar-refractivity contribution in [3.05, 3.63) is 36.3 Å². The summed E-state index contributed by atoms with van der Waals surface area (Å²) in [4.78, 5) is 15.4. The highest BCUT2D eigenvalue weighted by atomic mass is 16.5. The molecule has 0 N–H and O–H groups in total.